The van der Waals surface area contributed by atoms with Crippen LogP contribution in [0.4, 0.5) is 23.2 Å². The van der Waals surface area contributed by atoms with E-state index in [9.17, 15) is 17.6 Å². The lowest BCUT2D eigenvalue weighted by Gasteiger charge is -2.04. The van der Waals surface area contributed by atoms with Crippen molar-refractivity contribution in [2.24, 2.45) is 0 Å². The molecule has 0 aliphatic heterocycles. The van der Waals surface area contributed by atoms with E-state index in [2.05, 4.69) is 5.32 Å². The number of nitrogens with one attached hydrogen (secondary N) is 1. The van der Waals surface area contributed by atoms with Crippen molar-refractivity contribution in [3.8, 4) is 0 Å². The van der Waals surface area contributed by atoms with Crippen LogP contribution >= 0.6 is 11.8 Å². The fourth-order valence-electron chi connectivity index (χ4n) is 1.59. The molecule has 2 aromatic rings. The van der Waals surface area contributed by atoms with E-state index in [0.29, 0.717) is 23.3 Å². The van der Waals surface area contributed by atoms with Crippen LogP contribution < -0.4 is 5.32 Å². The van der Waals surface area contributed by atoms with Gasteiger partial charge in [0.2, 0.25) is 0 Å². The van der Waals surface area contributed by atoms with Crippen LogP contribution in [-0.4, -0.2) is 5.76 Å². The number of anilines is 1. The first-order chi connectivity index (χ1) is 9.52. The molecule has 1 aromatic heterocycles. The van der Waals surface area contributed by atoms with E-state index in [1.54, 1.807) is 12.1 Å². The number of halogens is 4. The molecule has 0 fully saturated rings. The van der Waals surface area contributed by atoms with E-state index in [0.717, 1.165) is 18.2 Å². The Hall–Kier alpha value is -1.63. The zero-order chi connectivity index (χ0) is 14.5. The lowest BCUT2D eigenvalue weighted by molar-refractivity contribution is 0.251. The molecule has 7 heteroatoms. The van der Waals surface area contributed by atoms with Crippen molar-refractivity contribution in [2.45, 2.75) is 18.1 Å². The Labute approximate surface area is 117 Å². The maximum atomic E-state index is 13.0. The molecule has 0 unspecified atom stereocenters. The van der Waals surface area contributed by atoms with Gasteiger partial charge in [-0.05, 0) is 24.3 Å². The first kappa shape index (κ1) is 14.8. The molecule has 0 saturated heterocycles. The Bertz CT molecular complexity index is 553. The molecule has 0 radical (unpaired) electrons. The fourth-order valence-corrected chi connectivity index (χ4v) is 2.03. The van der Waals surface area contributed by atoms with Crippen molar-refractivity contribution < 1.29 is 22.0 Å². The van der Waals surface area contributed by atoms with Gasteiger partial charge in [-0.15, -0.1) is 0 Å². The normalized spacial score (nSPS) is 11.1. The quantitative estimate of drug-likeness (QED) is 0.788. The molecule has 2 rings (SSSR count). The second kappa shape index (κ2) is 6.69. The summed E-state index contributed by atoms with van der Waals surface area (Å²) >= 11 is 0.469. The van der Waals surface area contributed by atoms with E-state index in [4.69, 9.17) is 4.42 Å². The minimum absolute atomic E-state index is 0.0757. The molecule has 108 valence electrons. The van der Waals surface area contributed by atoms with Gasteiger partial charge in [0.25, 0.3) is 5.76 Å². The molecule has 1 N–H and O–H groups in total. The Balaban J connectivity index is 1.90. The number of rotatable bonds is 6. The van der Waals surface area contributed by atoms with Crippen LogP contribution in [0.25, 0.3) is 0 Å². The van der Waals surface area contributed by atoms with Gasteiger partial charge in [-0.25, -0.2) is 8.78 Å². The summed E-state index contributed by atoms with van der Waals surface area (Å²) in [6.45, 7) is 0.211. The van der Waals surface area contributed by atoms with Crippen LogP contribution in [-0.2, 0) is 12.3 Å². The van der Waals surface area contributed by atoms with Crippen molar-refractivity contribution in [3.05, 3.63) is 53.5 Å². The van der Waals surface area contributed by atoms with Gasteiger partial charge in [0.1, 0.15) is 23.2 Å². The maximum Gasteiger partial charge on any atom is 0.284 e. The van der Waals surface area contributed by atoms with E-state index in [1.807, 2.05) is 0 Å². The highest BCUT2D eigenvalue weighted by Gasteiger charge is 2.07. The Morgan fingerprint density at radius 1 is 1.05 bits per heavy atom. The Kier molecular flexibility index (Phi) is 4.94. The van der Waals surface area contributed by atoms with Gasteiger partial charge in [-0.3, -0.25) is 0 Å². The smallest absolute Gasteiger partial charge is 0.284 e. The zero-order valence-electron chi connectivity index (χ0n) is 10.2. The van der Waals surface area contributed by atoms with Gasteiger partial charge < -0.3 is 9.73 Å². The zero-order valence-corrected chi connectivity index (χ0v) is 11.0. The molecular weight excluding hydrogens is 294 g/mol. The van der Waals surface area contributed by atoms with E-state index < -0.39 is 17.4 Å². The summed E-state index contributed by atoms with van der Waals surface area (Å²) < 4.78 is 55.2. The van der Waals surface area contributed by atoms with Gasteiger partial charge in [0, 0.05) is 11.8 Å². The number of alkyl halides is 2. The third kappa shape index (κ3) is 4.48. The molecule has 2 nitrogen and oxygen atoms in total. The summed E-state index contributed by atoms with van der Waals surface area (Å²) in [6.07, 6.45) is 0. The van der Waals surface area contributed by atoms with Gasteiger partial charge in [0.15, 0.2) is 0 Å². The summed E-state index contributed by atoms with van der Waals surface area (Å²) in [6, 6.07) is 6.31. The molecule has 20 heavy (non-hydrogen) atoms. The second-order valence-electron chi connectivity index (χ2n) is 3.95. The van der Waals surface area contributed by atoms with Crippen LogP contribution in [0.15, 0.2) is 34.7 Å². The molecule has 0 saturated carbocycles. The number of thioether (sulfide) groups is 1. The van der Waals surface area contributed by atoms with Gasteiger partial charge in [0.05, 0.1) is 12.3 Å². The summed E-state index contributed by atoms with van der Waals surface area (Å²) in [5.74, 6) is -2.80. The van der Waals surface area contributed by atoms with Crippen LogP contribution in [0.1, 0.15) is 11.5 Å². The molecular formula is C13H11F4NOS. The van der Waals surface area contributed by atoms with Crippen molar-refractivity contribution in [1.82, 2.24) is 0 Å². The van der Waals surface area contributed by atoms with Crippen molar-refractivity contribution in [3.63, 3.8) is 0 Å². The summed E-state index contributed by atoms with van der Waals surface area (Å²) in [5, 5.41) is 2.79. The lowest BCUT2D eigenvalue weighted by atomic mass is 10.3. The highest BCUT2D eigenvalue weighted by Crippen LogP contribution is 2.22. The fraction of sp³-hybridized carbons (Fsp3) is 0.231. The third-order valence-corrected chi connectivity index (χ3v) is 3.10. The largest absolute Gasteiger partial charge is 0.463 e. The van der Waals surface area contributed by atoms with Gasteiger partial charge in [-0.2, -0.15) is 8.78 Å². The summed E-state index contributed by atoms with van der Waals surface area (Å²) in [7, 11) is 0. The second-order valence-corrected chi connectivity index (χ2v) is 4.93. The molecule has 0 bridgehead atoms. The number of furan rings is 1. The number of benzene rings is 1. The van der Waals surface area contributed by atoms with E-state index in [1.165, 1.54) is 0 Å². The highest BCUT2D eigenvalue weighted by atomic mass is 32.2. The first-order valence-electron chi connectivity index (χ1n) is 5.70. The van der Waals surface area contributed by atoms with Gasteiger partial charge >= 0.3 is 0 Å². The van der Waals surface area contributed by atoms with Crippen molar-refractivity contribution in [1.29, 1.82) is 0 Å². The standard InChI is InChI=1S/C13H11F4NOS/c14-8-3-9(15)5-10(4-8)18-6-11-1-2-12(19-11)7-20-13(16)17/h1-5,13,18H,6-7H2. The topological polar surface area (TPSA) is 25.2 Å². The Morgan fingerprint density at radius 2 is 1.70 bits per heavy atom. The van der Waals surface area contributed by atoms with Gasteiger partial charge in [-0.1, -0.05) is 11.8 Å². The minimum atomic E-state index is -2.45. The molecule has 0 amide bonds. The average Bonchev–Trinajstić information content (AvgIpc) is 2.81. The average molecular weight is 305 g/mol. The summed E-state index contributed by atoms with van der Waals surface area (Å²) in [5.41, 5.74) is 0.280. The molecule has 0 aliphatic rings. The van der Waals surface area contributed by atoms with E-state index in [-0.39, 0.29) is 18.0 Å². The monoisotopic (exact) mass is 305 g/mol. The predicted molar refractivity (Wildman–Crippen MR) is 69.7 cm³/mol. The summed E-state index contributed by atoms with van der Waals surface area (Å²) in [4.78, 5) is 0. The van der Waals surface area contributed by atoms with Crippen molar-refractivity contribution >= 4 is 17.4 Å². The number of hydrogen-bond donors (Lipinski definition) is 1. The highest BCUT2D eigenvalue weighted by molar-refractivity contribution is 7.98. The molecule has 1 aromatic carbocycles. The Morgan fingerprint density at radius 3 is 2.35 bits per heavy atom. The minimum Gasteiger partial charge on any atom is -0.463 e. The molecule has 0 spiro atoms. The maximum absolute atomic E-state index is 13.0. The van der Waals surface area contributed by atoms with E-state index >= 15 is 0 Å². The van der Waals surface area contributed by atoms with Crippen LogP contribution in [0.3, 0.4) is 0 Å². The lowest BCUT2D eigenvalue weighted by Crippen LogP contribution is -1.99. The third-order valence-electron chi connectivity index (χ3n) is 2.40. The predicted octanol–water partition coefficient (Wildman–Crippen LogP) is 4.63. The van der Waals surface area contributed by atoms with Crippen LogP contribution in [0.5, 0.6) is 0 Å². The molecule has 0 aliphatic carbocycles. The molecule has 0 atom stereocenters. The molecule has 1 heterocycles. The SMILES string of the molecule is Fc1cc(F)cc(NCc2ccc(CSC(F)F)o2)c1. The first-order valence-corrected chi connectivity index (χ1v) is 6.75. The van der Waals surface area contributed by atoms with Crippen LogP contribution in [0, 0.1) is 11.6 Å². The van der Waals surface area contributed by atoms with Crippen LogP contribution in [0.2, 0.25) is 0 Å². The van der Waals surface area contributed by atoms with Crippen molar-refractivity contribution in [2.75, 3.05) is 5.32 Å². The number of hydrogen-bond acceptors (Lipinski definition) is 3.